The summed E-state index contributed by atoms with van der Waals surface area (Å²) in [7, 11) is 0. The number of amides is 2. The van der Waals surface area contributed by atoms with Gasteiger partial charge in [-0.05, 0) is 48.7 Å². The molecule has 3 heterocycles. The Morgan fingerprint density at radius 3 is 2.31 bits per heavy atom. The van der Waals surface area contributed by atoms with E-state index in [0.717, 1.165) is 61.4 Å². The second-order valence-electron chi connectivity index (χ2n) is 7.85. The van der Waals surface area contributed by atoms with E-state index in [1.807, 2.05) is 63.8 Å². The van der Waals surface area contributed by atoms with Gasteiger partial charge in [-0.1, -0.05) is 30.3 Å². The average molecular weight is 447 g/mol. The fraction of sp³-hybridized carbons (Fsp3) is 0.292. The summed E-state index contributed by atoms with van der Waals surface area (Å²) in [5, 5.41) is 0. The molecule has 0 bridgehead atoms. The fourth-order valence-corrected chi connectivity index (χ4v) is 5.13. The van der Waals surface area contributed by atoms with Crippen LogP contribution in [0.2, 0.25) is 0 Å². The molecule has 1 fully saturated rings. The van der Waals surface area contributed by atoms with E-state index in [0.29, 0.717) is 6.54 Å². The standard InChI is InChI=1S/C24H26N6OS/c31-24-29(15-7-14-27-16-18-28(19-17-27)23-25-12-6-13-26-23)32-22-11-5-4-10-21(22)30(24)20-8-2-1-3-9-20/h1-6,8-13H,7,14-19H2. The zero-order valence-corrected chi connectivity index (χ0v) is 18.7. The van der Waals surface area contributed by atoms with Crippen LogP contribution in [0.25, 0.3) is 0 Å². The van der Waals surface area contributed by atoms with Crippen LogP contribution in [0.5, 0.6) is 0 Å². The molecule has 0 spiro atoms. The van der Waals surface area contributed by atoms with Gasteiger partial charge in [0.15, 0.2) is 0 Å². The lowest BCUT2D eigenvalue weighted by Crippen LogP contribution is -2.47. The van der Waals surface area contributed by atoms with Crippen LogP contribution in [0.15, 0.2) is 78.0 Å². The third-order valence-electron chi connectivity index (χ3n) is 5.78. The van der Waals surface area contributed by atoms with Crippen molar-refractivity contribution >= 4 is 35.3 Å². The van der Waals surface area contributed by atoms with Gasteiger partial charge >= 0.3 is 6.03 Å². The van der Waals surface area contributed by atoms with Gasteiger partial charge in [0.25, 0.3) is 0 Å². The van der Waals surface area contributed by atoms with Gasteiger partial charge in [-0.3, -0.25) is 14.1 Å². The Morgan fingerprint density at radius 1 is 0.812 bits per heavy atom. The molecule has 2 aliphatic heterocycles. The molecule has 7 nitrogen and oxygen atoms in total. The monoisotopic (exact) mass is 446 g/mol. The van der Waals surface area contributed by atoms with E-state index in [4.69, 9.17) is 0 Å². The Bertz CT molecular complexity index is 1040. The van der Waals surface area contributed by atoms with Gasteiger partial charge in [0.05, 0.1) is 16.3 Å². The van der Waals surface area contributed by atoms with Crippen molar-refractivity contribution in [2.24, 2.45) is 0 Å². The first-order valence-electron chi connectivity index (χ1n) is 11.0. The number of piperazine rings is 1. The highest BCUT2D eigenvalue weighted by Crippen LogP contribution is 2.42. The van der Waals surface area contributed by atoms with Crippen molar-refractivity contribution in [3.05, 3.63) is 73.1 Å². The van der Waals surface area contributed by atoms with Crippen molar-refractivity contribution in [1.29, 1.82) is 0 Å². The SMILES string of the molecule is O=C1N(CCCN2CCN(c3ncccn3)CC2)Sc2ccccc2N1c1ccccc1. The van der Waals surface area contributed by atoms with Gasteiger partial charge in [0, 0.05) is 51.7 Å². The zero-order valence-electron chi connectivity index (χ0n) is 17.9. The molecule has 2 aromatic carbocycles. The molecule has 32 heavy (non-hydrogen) atoms. The summed E-state index contributed by atoms with van der Waals surface area (Å²) in [5.41, 5.74) is 1.85. The highest BCUT2D eigenvalue weighted by molar-refractivity contribution is 7.97. The number of urea groups is 1. The fourth-order valence-electron chi connectivity index (χ4n) is 4.12. The summed E-state index contributed by atoms with van der Waals surface area (Å²) in [6.07, 6.45) is 4.52. The number of benzene rings is 2. The topological polar surface area (TPSA) is 55.8 Å². The predicted octanol–water partition coefficient (Wildman–Crippen LogP) is 4.27. The lowest BCUT2D eigenvalue weighted by atomic mass is 10.2. The zero-order chi connectivity index (χ0) is 21.8. The van der Waals surface area contributed by atoms with Gasteiger partial charge in [-0.2, -0.15) is 0 Å². The highest BCUT2D eigenvalue weighted by atomic mass is 32.2. The van der Waals surface area contributed by atoms with Crippen molar-refractivity contribution in [2.45, 2.75) is 11.3 Å². The molecule has 8 heteroatoms. The molecule has 0 saturated carbocycles. The maximum absolute atomic E-state index is 13.4. The molecular formula is C24H26N6OS. The summed E-state index contributed by atoms with van der Waals surface area (Å²) in [6.45, 7) is 5.51. The summed E-state index contributed by atoms with van der Waals surface area (Å²) < 4.78 is 1.89. The second kappa shape index (κ2) is 9.58. The number of hydrogen-bond donors (Lipinski definition) is 0. The first kappa shape index (κ1) is 20.8. The van der Waals surface area contributed by atoms with Gasteiger partial charge in [0.1, 0.15) is 0 Å². The van der Waals surface area contributed by atoms with Crippen LogP contribution >= 0.6 is 11.9 Å². The van der Waals surface area contributed by atoms with E-state index in [9.17, 15) is 4.79 Å². The minimum Gasteiger partial charge on any atom is -0.338 e. The van der Waals surface area contributed by atoms with Gasteiger partial charge in [-0.15, -0.1) is 0 Å². The van der Waals surface area contributed by atoms with Crippen LogP contribution in [-0.4, -0.2) is 64.5 Å². The molecule has 0 aliphatic carbocycles. The van der Waals surface area contributed by atoms with Crippen LogP contribution in [-0.2, 0) is 0 Å². The maximum atomic E-state index is 13.4. The van der Waals surface area contributed by atoms with Gasteiger partial charge in [-0.25, -0.2) is 14.8 Å². The minimum absolute atomic E-state index is 0.0194. The Hall–Kier alpha value is -3.10. The molecule has 1 saturated heterocycles. The van der Waals surface area contributed by atoms with E-state index in [1.165, 1.54) is 0 Å². The van der Waals surface area contributed by atoms with Gasteiger partial charge < -0.3 is 4.90 Å². The van der Waals surface area contributed by atoms with Crippen LogP contribution in [0.1, 0.15) is 6.42 Å². The van der Waals surface area contributed by atoms with Crippen LogP contribution in [0.4, 0.5) is 22.1 Å². The number of carbonyl (C=O) groups is 1. The van der Waals surface area contributed by atoms with Crippen molar-refractivity contribution in [1.82, 2.24) is 19.2 Å². The second-order valence-corrected chi connectivity index (χ2v) is 8.91. The number of para-hydroxylation sites is 2. The Balaban J connectivity index is 1.19. The Kier molecular flexibility index (Phi) is 6.22. The third-order valence-corrected chi connectivity index (χ3v) is 6.88. The summed E-state index contributed by atoms with van der Waals surface area (Å²) in [5.74, 6) is 0.808. The largest absolute Gasteiger partial charge is 0.339 e. The summed E-state index contributed by atoms with van der Waals surface area (Å²) in [4.78, 5) is 29.7. The molecule has 1 aromatic heterocycles. The maximum Gasteiger partial charge on any atom is 0.339 e. The molecule has 0 atom stereocenters. The lowest BCUT2D eigenvalue weighted by molar-refractivity contribution is 0.225. The number of hydrogen-bond acceptors (Lipinski definition) is 6. The first-order valence-corrected chi connectivity index (χ1v) is 11.7. The highest BCUT2D eigenvalue weighted by Gasteiger charge is 2.32. The Morgan fingerprint density at radius 2 is 1.53 bits per heavy atom. The lowest BCUT2D eigenvalue weighted by Gasteiger charge is -2.37. The van der Waals surface area contributed by atoms with E-state index in [2.05, 4.69) is 25.8 Å². The van der Waals surface area contributed by atoms with Crippen molar-refractivity contribution in [3.8, 4) is 0 Å². The van der Waals surface area contributed by atoms with E-state index in [-0.39, 0.29) is 6.03 Å². The van der Waals surface area contributed by atoms with Crippen molar-refractivity contribution in [2.75, 3.05) is 49.1 Å². The molecule has 2 amide bonds. The molecular weight excluding hydrogens is 420 g/mol. The number of fused-ring (bicyclic) bond motifs is 1. The molecule has 0 N–H and O–H groups in total. The molecule has 5 rings (SSSR count). The first-order chi connectivity index (χ1) is 15.8. The number of nitrogens with zero attached hydrogens (tertiary/aromatic N) is 6. The molecule has 0 unspecified atom stereocenters. The number of anilines is 3. The predicted molar refractivity (Wildman–Crippen MR) is 128 cm³/mol. The number of carbonyl (C=O) groups excluding carboxylic acids is 1. The quantitative estimate of drug-likeness (QED) is 0.527. The van der Waals surface area contributed by atoms with Gasteiger partial charge in [0.2, 0.25) is 5.95 Å². The third kappa shape index (κ3) is 4.42. The number of rotatable bonds is 6. The molecule has 2 aliphatic rings. The molecule has 0 radical (unpaired) electrons. The molecule has 164 valence electrons. The van der Waals surface area contributed by atoms with E-state index >= 15 is 0 Å². The Labute approximate surface area is 192 Å². The van der Waals surface area contributed by atoms with E-state index in [1.54, 1.807) is 24.3 Å². The minimum atomic E-state index is 0.0194. The normalized spacial score (nSPS) is 16.9. The van der Waals surface area contributed by atoms with Crippen LogP contribution in [0, 0.1) is 0 Å². The van der Waals surface area contributed by atoms with E-state index < -0.39 is 0 Å². The van der Waals surface area contributed by atoms with Crippen LogP contribution < -0.4 is 9.80 Å². The average Bonchev–Trinajstić information content (AvgIpc) is 2.86. The van der Waals surface area contributed by atoms with Crippen molar-refractivity contribution < 1.29 is 4.79 Å². The van der Waals surface area contributed by atoms with Crippen LogP contribution in [0.3, 0.4) is 0 Å². The smallest absolute Gasteiger partial charge is 0.338 e. The summed E-state index contributed by atoms with van der Waals surface area (Å²) >= 11 is 1.55. The number of aromatic nitrogens is 2. The van der Waals surface area contributed by atoms with Crippen molar-refractivity contribution in [3.63, 3.8) is 0 Å². The summed E-state index contributed by atoms with van der Waals surface area (Å²) in [6, 6.07) is 19.9. The molecule has 3 aromatic rings.